The van der Waals surface area contributed by atoms with Crippen molar-refractivity contribution in [2.24, 2.45) is 0 Å². The van der Waals surface area contributed by atoms with E-state index in [1.54, 1.807) is 7.11 Å². The van der Waals surface area contributed by atoms with Crippen LogP contribution in [0.15, 0.2) is 24.3 Å². The number of rotatable bonds is 7. The minimum Gasteiger partial charge on any atom is -0.495 e. The van der Waals surface area contributed by atoms with Crippen LogP contribution in [0.2, 0.25) is 0 Å². The first-order valence-corrected chi connectivity index (χ1v) is 6.30. The Morgan fingerprint density at radius 2 is 2.00 bits per heavy atom. The lowest BCUT2D eigenvalue weighted by Crippen LogP contribution is -2.39. The summed E-state index contributed by atoms with van der Waals surface area (Å²) in [6.07, 6.45) is -0.401. The van der Waals surface area contributed by atoms with Gasteiger partial charge in [-0.3, -0.25) is 0 Å². The Morgan fingerprint density at radius 3 is 2.61 bits per heavy atom. The minimum absolute atomic E-state index is 0.385. The molecule has 0 fully saturated rings. The highest BCUT2D eigenvalue weighted by Gasteiger charge is 2.12. The third-order valence-corrected chi connectivity index (χ3v) is 2.74. The lowest BCUT2D eigenvalue weighted by Gasteiger charge is -2.25. The van der Waals surface area contributed by atoms with Gasteiger partial charge in [0.15, 0.2) is 0 Å². The highest BCUT2D eigenvalue weighted by molar-refractivity contribution is 5.57. The fourth-order valence-electron chi connectivity index (χ4n) is 1.80. The van der Waals surface area contributed by atoms with Crippen molar-refractivity contribution in [2.45, 2.75) is 26.0 Å². The van der Waals surface area contributed by atoms with Crippen LogP contribution in [0.25, 0.3) is 0 Å². The number of aliphatic hydroxyl groups excluding tert-OH is 1. The lowest BCUT2D eigenvalue weighted by atomic mass is 10.2. The first-order chi connectivity index (χ1) is 8.54. The number of nitrogens with one attached hydrogen (secondary N) is 1. The van der Waals surface area contributed by atoms with Gasteiger partial charge in [-0.05, 0) is 12.1 Å². The largest absolute Gasteiger partial charge is 0.495 e. The van der Waals surface area contributed by atoms with E-state index in [1.165, 1.54) is 0 Å². The second kappa shape index (κ2) is 7.24. The van der Waals surface area contributed by atoms with Crippen LogP contribution in [0.1, 0.15) is 13.8 Å². The molecule has 0 spiro atoms. The number of para-hydroxylation sites is 2. The second-order valence-corrected chi connectivity index (χ2v) is 4.77. The van der Waals surface area contributed by atoms with E-state index in [1.807, 2.05) is 36.2 Å². The van der Waals surface area contributed by atoms with Gasteiger partial charge in [0, 0.05) is 26.2 Å². The molecule has 1 unspecified atom stereocenters. The highest BCUT2D eigenvalue weighted by atomic mass is 16.5. The van der Waals surface area contributed by atoms with Crippen molar-refractivity contribution in [3.63, 3.8) is 0 Å². The summed E-state index contributed by atoms with van der Waals surface area (Å²) < 4.78 is 5.31. The number of aliphatic hydroxyl groups is 1. The van der Waals surface area contributed by atoms with Gasteiger partial charge in [0.2, 0.25) is 0 Å². The molecule has 0 aliphatic carbocycles. The van der Waals surface area contributed by atoms with Crippen molar-refractivity contribution in [2.75, 3.05) is 32.1 Å². The fourth-order valence-corrected chi connectivity index (χ4v) is 1.80. The monoisotopic (exact) mass is 252 g/mol. The van der Waals surface area contributed by atoms with Crippen LogP contribution >= 0.6 is 0 Å². The summed E-state index contributed by atoms with van der Waals surface area (Å²) in [5.74, 6) is 0.823. The van der Waals surface area contributed by atoms with E-state index < -0.39 is 6.10 Å². The van der Waals surface area contributed by atoms with Crippen molar-refractivity contribution in [1.82, 2.24) is 5.32 Å². The molecule has 0 aromatic heterocycles. The Balaban J connectivity index is 2.56. The molecule has 0 radical (unpaired) electrons. The third-order valence-electron chi connectivity index (χ3n) is 2.74. The van der Waals surface area contributed by atoms with E-state index in [0.717, 1.165) is 11.4 Å². The number of hydrogen-bond acceptors (Lipinski definition) is 4. The molecule has 0 heterocycles. The van der Waals surface area contributed by atoms with Gasteiger partial charge in [0.1, 0.15) is 5.75 Å². The summed E-state index contributed by atoms with van der Waals surface area (Å²) in [5.41, 5.74) is 0.989. The number of benzene rings is 1. The number of nitrogens with zero attached hydrogens (tertiary/aromatic N) is 1. The summed E-state index contributed by atoms with van der Waals surface area (Å²) in [6, 6.07) is 8.20. The van der Waals surface area contributed by atoms with Gasteiger partial charge in [-0.15, -0.1) is 0 Å². The molecule has 4 heteroatoms. The van der Waals surface area contributed by atoms with E-state index in [-0.39, 0.29) is 0 Å². The van der Waals surface area contributed by atoms with E-state index >= 15 is 0 Å². The zero-order valence-corrected chi connectivity index (χ0v) is 11.7. The molecule has 4 nitrogen and oxygen atoms in total. The van der Waals surface area contributed by atoms with Gasteiger partial charge >= 0.3 is 0 Å². The Labute approximate surface area is 110 Å². The molecule has 0 amide bonds. The molecule has 0 bridgehead atoms. The maximum Gasteiger partial charge on any atom is 0.142 e. The van der Waals surface area contributed by atoms with E-state index in [0.29, 0.717) is 19.1 Å². The van der Waals surface area contributed by atoms with Gasteiger partial charge in [0.25, 0.3) is 0 Å². The predicted octanol–water partition coefficient (Wildman–Crippen LogP) is 1.49. The van der Waals surface area contributed by atoms with Gasteiger partial charge in [0.05, 0.1) is 18.9 Å². The topological polar surface area (TPSA) is 44.7 Å². The Kier molecular flexibility index (Phi) is 5.95. The quantitative estimate of drug-likeness (QED) is 0.772. The van der Waals surface area contributed by atoms with E-state index in [2.05, 4.69) is 19.2 Å². The molecule has 0 saturated carbocycles. The van der Waals surface area contributed by atoms with Crippen LogP contribution in [0.4, 0.5) is 5.69 Å². The molecule has 18 heavy (non-hydrogen) atoms. The Hall–Kier alpha value is -1.26. The number of anilines is 1. The normalized spacial score (nSPS) is 12.6. The number of hydrogen-bond donors (Lipinski definition) is 2. The predicted molar refractivity (Wildman–Crippen MR) is 75.4 cm³/mol. The molecule has 1 rings (SSSR count). The highest BCUT2D eigenvalue weighted by Crippen LogP contribution is 2.26. The van der Waals surface area contributed by atoms with Gasteiger partial charge < -0.3 is 20.1 Å². The fraction of sp³-hybridized carbons (Fsp3) is 0.571. The SMILES string of the molecule is COc1ccccc1N(C)CC(O)CNC(C)C. The molecule has 1 atom stereocenters. The zero-order chi connectivity index (χ0) is 13.5. The maximum atomic E-state index is 9.95. The summed E-state index contributed by atoms with van der Waals surface area (Å²) in [7, 11) is 3.61. The second-order valence-electron chi connectivity index (χ2n) is 4.77. The van der Waals surface area contributed by atoms with Crippen molar-refractivity contribution >= 4 is 5.69 Å². The van der Waals surface area contributed by atoms with Crippen molar-refractivity contribution in [1.29, 1.82) is 0 Å². The smallest absolute Gasteiger partial charge is 0.142 e. The molecular weight excluding hydrogens is 228 g/mol. The molecule has 1 aromatic carbocycles. The molecule has 0 aliphatic heterocycles. The third kappa shape index (κ3) is 4.55. The summed E-state index contributed by atoms with van der Waals surface area (Å²) in [6.45, 7) is 5.30. The van der Waals surface area contributed by atoms with Crippen LogP contribution in [-0.4, -0.2) is 44.5 Å². The van der Waals surface area contributed by atoms with Crippen molar-refractivity contribution in [3.8, 4) is 5.75 Å². The molecule has 1 aromatic rings. The summed E-state index contributed by atoms with van der Waals surface area (Å²) in [5, 5.41) is 13.2. The van der Waals surface area contributed by atoms with Crippen LogP contribution in [0.3, 0.4) is 0 Å². The van der Waals surface area contributed by atoms with Crippen LogP contribution in [0.5, 0.6) is 5.75 Å². The minimum atomic E-state index is -0.401. The van der Waals surface area contributed by atoms with E-state index in [9.17, 15) is 5.11 Å². The first-order valence-electron chi connectivity index (χ1n) is 6.30. The molecule has 2 N–H and O–H groups in total. The Bertz CT molecular complexity index is 355. The molecule has 0 aliphatic rings. The number of methoxy groups -OCH3 is 1. The molecule has 102 valence electrons. The molecule has 0 saturated heterocycles. The van der Waals surface area contributed by atoms with E-state index in [4.69, 9.17) is 4.74 Å². The Morgan fingerprint density at radius 1 is 1.33 bits per heavy atom. The maximum absolute atomic E-state index is 9.95. The lowest BCUT2D eigenvalue weighted by molar-refractivity contribution is 0.175. The van der Waals surface area contributed by atoms with Crippen LogP contribution < -0.4 is 15.0 Å². The van der Waals surface area contributed by atoms with Gasteiger partial charge in [-0.2, -0.15) is 0 Å². The average Bonchev–Trinajstić information content (AvgIpc) is 2.36. The first kappa shape index (κ1) is 14.8. The van der Waals surface area contributed by atoms with Crippen LogP contribution in [0, 0.1) is 0 Å². The average molecular weight is 252 g/mol. The summed E-state index contributed by atoms with van der Waals surface area (Å²) in [4.78, 5) is 2.01. The van der Waals surface area contributed by atoms with Crippen LogP contribution in [-0.2, 0) is 0 Å². The summed E-state index contributed by atoms with van der Waals surface area (Å²) >= 11 is 0. The van der Waals surface area contributed by atoms with Gasteiger partial charge in [-0.1, -0.05) is 26.0 Å². The zero-order valence-electron chi connectivity index (χ0n) is 11.7. The van der Waals surface area contributed by atoms with Crippen molar-refractivity contribution in [3.05, 3.63) is 24.3 Å². The van der Waals surface area contributed by atoms with Gasteiger partial charge in [-0.25, -0.2) is 0 Å². The van der Waals surface area contributed by atoms with Crippen molar-refractivity contribution < 1.29 is 9.84 Å². The number of ether oxygens (including phenoxy) is 1. The molecular formula is C14H24N2O2. The standard InChI is InChI=1S/C14H24N2O2/c1-11(2)15-9-12(17)10-16(3)13-7-5-6-8-14(13)18-4/h5-8,11-12,15,17H,9-10H2,1-4H3. The number of likely N-dealkylation sites (N-methyl/N-ethyl adjacent to an activating group) is 1.